The van der Waals surface area contributed by atoms with Gasteiger partial charge in [-0.25, -0.2) is 23.1 Å². The van der Waals surface area contributed by atoms with Gasteiger partial charge in [0.25, 0.3) is 0 Å². The molecule has 5 rings (SSSR count). The normalized spacial score (nSPS) is 24.9. The molecule has 2 aliphatic heterocycles. The summed E-state index contributed by atoms with van der Waals surface area (Å²) < 4.78 is 32.6. The molecule has 1 fully saturated rings. The molecular weight excluding hydrogens is 400 g/mol. The fraction of sp³-hybridized carbons (Fsp3) is 0.545. The third-order valence-corrected chi connectivity index (χ3v) is 7.20. The number of benzene rings is 1. The Morgan fingerprint density at radius 3 is 2.77 bits per heavy atom. The second-order valence-electron chi connectivity index (χ2n) is 8.67. The van der Waals surface area contributed by atoms with Crippen molar-refractivity contribution in [3.8, 4) is 17.0 Å². The van der Waals surface area contributed by atoms with Crippen LogP contribution in [-0.4, -0.2) is 43.3 Å². The van der Waals surface area contributed by atoms with Crippen molar-refractivity contribution in [2.75, 3.05) is 17.7 Å². The van der Waals surface area contributed by atoms with Gasteiger partial charge in [0.2, 0.25) is 16.0 Å². The van der Waals surface area contributed by atoms with Gasteiger partial charge in [-0.3, -0.25) is 0 Å². The van der Waals surface area contributed by atoms with Crippen LogP contribution in [0.2, 0.25) is 0 Å². The van der Waals surface area contributed by atoms with Gasteiger partial charge in [-0.1, -0.05) is 19.1 Å². The van der Waals surface area contributed by atoms with E-state index in [9.17, 15) is 8.42 Å². The van der Waals surface area contributed by atoms with Gasteiger partial charge in [-0.2, -0.15) is 0 Å². The molecule has 2 unspecified atom stereocenters. The third kappa shape index (κ3) is 3.36. The van der Waals surface area contributed by atoms with Crippen LogP contribution in [0.3, 0.4) is 0 Å². The van der Waals surface area contributed by atoms with Crippen LogP contribution in [0.25, 0.3) is 11.3 Å². The Morgan fingerprint density at radius 1 is 1.27 bits per heavy atom. The molecular formula is C22H28N4O3S. The van der Waals surface area contributed by atoms with Gasteiger partial charge in [-0.15, -0.1) is 0 Å². The number of rotatable bonds is 5. The van der Waals surface area contributed by atoms with Crippen molar-refractivity contribution in [3.05, 3.63) is 35.0 Å². The lowest BCUT2D eigenvalue weighted by Gasteiger charge is -2.39. The summed E-state index contributed by atoms with van der Waals surface area (Å²) in [6.07, 6.45) is 5.98. The molecule has 3 atom stereocenters. The Labute approximate surface area is 177 Å². The van der Waals surface area contributed by atoms with Gasteiger partial charge in [0, 0.05) is 35.0 Å². The summed E-state index contributed by atoms with van der Waals surface area (Å²) in [6.45, 7) is 5.22. The van der Waals surface area contributed by atoms with Crippen LogP contribution in [0.5, 0.6) is 5.75 Å². The van der Waals surface area contributed by atoms with Gasteiger partial charge >= 0.3 is 0 Å². The molecule has 8 heteroatoms. The Hall–Kier alpha value is -2.19. The second-order valence-corrected chi connectivity index (χ2v) is 10.4. The highest BCUT2D eigenvalue weighted by Crippen LogP contribution is 2.42. The van der Waals surface area contributed by atoms with E-state index in [0.717, 1.165) is 60.7 Å². The summed E-state index contributed by atoms with van der Waals surface area (Å²) in [5.74, 6) is 1.57. The standard InChI is InChI=1S/C22H28N4O3S/c1-4-18-21(25-30(3,27)28)16-9-8-14(12-19(16)29-18)20-15-6-5-7-17(15)23-22(24-20)26-11-10-13(26)2/h8-9,12-13,18,21,25H,4-7,10-11H2,1-3H3/t13-,18?,21?/m0/s1. The van der Waals surface area contributed by atoms with E-state index in [-0.39, 0.29) is 12.1 Å². The number of hydrogen-bond donors (Lipinski definition) is 1. The van der Waals surface area contributed by atoms with Crippen LogP contribution in [0, 0.1) is 0 Å². The highest BCUT2D eigenvalue weighted by molar-refractivity contribution is 7.88. The molecule has 0 amide bonds. The largest absolute Gasteiger partial charge is 0.488 e. The first kappa shape index (κ1) is 19.8. The number of aryl methyl sites for hydroxylation is 1. The summed E-state index contributed by atoms with van der Waals surface area (Å²) >= 11 is 0. The van der Waals surface area contributed by atoms with E-state index in [4.69, 9.17) is 14.7 Å². The fourth-order valence-electron chi connectivity index (χ4n) is 4.76. The molecule has 0 spiro atoms. The average Bonchev–Trinajstić information content (AvgIpc) is 3.29. The molecule has 160 valence electrons. The molecule has 7 nitrogen and oxygen atoms in total. The quantitative estimate of drug-likeness (QED) is 0.788. The van der Waals surface area contributed by atoms with Crippen LogP contribution in [-0.2, 0) is 22.9 Å². The summed E-state index contributed by atoms with van der Waals surface area (Å²) in [5.41, 5.74) is 5.30. The van der Waals surface area contributed by atoms with Crippen molar-refractivity contribution in [2.45, 2.75) is 64.1 Å². The summed E-state index contributed by atoms with van der Waals surface area (Å²) in [5, 5.41) is 0. The predicted octanol–water partition coefficient (Wildman–Crippen LogP) is 2.99. The van der Waals surface area contributed by atoms with Gasteiger partial charge < -0.3 is 9.64 Å². The number of ether oxygens (including phenoxy) is 1. The van der Waals surface area contributed by atoms with E-state index in [1.54, 1.807) is 0 Å². The summed E-state index contributed by atoms with van der Waals surface area (Å²) in [7, 11) is -3.34. The number of aromatic nitrogens is 2. The maximum atomic E-state index is 11.8. The summed E-state index contributed by atoms with van der Waals surface area (Å²) in [4.78, 5) is 12.1. The minimum absolute atomic E-state index is 0.210. The highest BCUT2D eigenvalue weighted by Gasteiger charge is 2.36. The number of hydrogen-bond acceptors (Lipinski definition) is 6. The molecule has 30 heavy (non-hydrogen) atoms. The van der Waals surface area contributed by atoms with Gasteiger partial charge in [0.15, 0.2) is 0 Å². The molecule has 2 aromatic rings. The average molecular weight is 429 g/mol. The number of nitrogens with zero attached hydrogens (tertiary/aromatic N) is 3. The summed E-state index contributed by atoms with van der Waals surface area (Å²) in [6, 6.07) is 6.17. The minimum atomic E-state index is -3.34. The molecule has 1 aliphatic carbocycles. The van der Waals surface area contributed by atoms with E-state index in [1.165, 1.54) is 23.9 Å². The molecule has 1 aromatic heterocycles. The van der Waals surface area contributed by atoms with Gasteiger partial charge in [0.05, 0.1) is 18.0 Å². The van der Waals surface area contributed by atoms with E-state index in [1.807, 2.05) is 25.1 Å². The zero-order valence-electron chi connectivity index (χ0n) is 17.7. The molecule has 3 aliphatic rings. The van der Waals surface area contributed by atoms with E-state index in [0.29, 0.717) is 6.04 Å². The fourth-order valence-corrected chi connectivity index (χ4v) is 5.50. The van der Waals surface area contributed by atoms with Crippen molar-refractivity contribution < 1.29 is 13.2 Å². The Morgan fingerprint density at radius 2 is 2.10 bits per heavy atom. The van der Waals surface area contributed by atoms with Crippen molar-refractivity contribution in [1.29, 1.82) is 0 Å². The zero-order valence-corrected chi connectivity index (χ0v) is 18.5. The lowest BCUT2D eigenvalue weighted by molar-refractivity contribution is 0.195. The maximum Gasteiger partial charge on any atom is 0.226 e. The van der Waals surface area contributed by atoms with Gasteiger partial charge in [-0.05, 0) is 45.1 Å². The Kier molecular flexibility index (Phi) is 4.74. The van der Waals surface area contributed by atoms with Crippen molar-refractivity contribution >= 4 is 16.0 Å². The van der Waals surface area contributed by atoms with Crippen LogP contribution >= 0.6 is 0 Å². The lowest BCUT2D eigenvalue weighted by Crippen LogP contribution is -2.46. The van der Waals surface area contributed by atoms with Crippen molar-refractivity contribution in [1.82, 2.24) is 14.7 Å². The monoisotopic (exact) mass is 428 g/mol. The molecule has 0 saturated carbocycles. The second kappa shape index (κ2) is 7.20. The number of nitrogens with one attached hydrogen (secondary N) is 1. The first-order valence-corrected chi connectivity index (χ1v) is 12.7. The molecule has 1 saturated heterocycles. The van der Waals surface area contributed by atoms with Gasteiger partial charge in [0.1, 0.15) is 11.9 Å². The maximum absolute atomic E-state index is 11.8. The Balaban J connectivity index is 1.55. The Bertz CT molecular complexity index is 1100. The molecule has 0 bridgehead atoms. The number of fused-ring (bicyclic) bond motifs is 2. The highest BCUT2D eigenvalue weighted by atomic mass is 32.2. The van der Waals surface area contributed by atoms with Crippen LogP contribution < -0.4 is 14.4 Å². The first-order valence-electron chi connectivity index (χ1n) is 10.8. The first-order chi connectivity index (χ1) is 14.3. The molecule has 0 radical (unpaired) electrons. The molecule has 3 heterocycles. The smallest absolute Gasteiger partial charge is 0.226 e. The third-order valence-electron chi connectivity index (χ3n) is 6.51. The van der Waals surface area contributed by atoms with E-state index in [2.05, 4.69) is 16.5 Å². The molecule has 1 N–H and O–H groups in total. The van der Waals surface area contributed by atoms with Crippen LogP contribution in [0.15, 0.2) is 18.2 Å². The zero-order chi connectivity index (χ0) is 21.0. The topological polar surface area (TPSA) is 84.4 Å². The number of anilines is 1. The van der Waals surface area contributed by atoms with Crippen molar-refractivity contribution in [3.63, 3.8) is 0 Å². The van der Waals surface area contributed by atoms with Crippen LogP contribution in [0.4, 0.5) is 5.95 Å². The molecule has 1 aromatic carbocycles. The number of sulfonamides is 1. The van der Waals surface area contributed by atoms with E-state index < -0.39 is 10.0 Å². The minimum Gasteiger partial charge on any atom is -0.488 e. The van der Waals surface area contributed by atoms with Crippen molar-refractivity contribution in [2.24, 2.45) is 0 Å². The van der Waals surface area contributed by atoms with Crippen LogP contribution in [0.1, 0.15) is 56.0 Å². The lowest BCUT2D eigenvalue weighted by atomic mass is 9.99. The SMILES string of the molecule is CCC1Oc2cc(-c3nc(N4CC[C@@H]4C)nc4c3CCC4)ccc2C1NS(C)(=O)=O. The van der Waals surface area contributed by atoms with E-state index >= 15 is 0 Å². The predicted molar refractivity (Wildman–Crippen MR) is 116 cm³/mol.